The second-order valence-corrected chi connectivity index (χ2v) is 7.83. The number of rotatable bonds is 4. The maximum Gasteiger partial charge on any atom is 0.138 e. The second-order valence-electron chi connectivity index (χ2n) is 7.83. The van der Waals surface area contributed by atoms with E-state index < -0.39 is 0 Å². The number of ether oxygens (including phenoxy) is 1. The van der Waals surface area contributed by atoms with Crippen LogP contribution >= 0.6 is 0 Å². The van der Waals surface area contributed by atoms with Gasteiger partial charge in [0.1, 0.15) is 17.6 Å². The van der Waals surface area contributed by atoms with Gasteiger partial charge in [0.2, 0.25) is 0 Å². The molecule has 3 aromatic heterocycles. The van der Waals surface area contributed by atoms with Crippen LogP contribution in [0.3, 0.4) is 0 Å². The number of pyridine rings is 2. The zero-order valence-corrected chi connectivity index (χ0v) is 17.0. The molecular formula is C22H26N6O. The summed E-state index contributed by atoms with van der Waals surface area (Å²) < 4.78 is 7.38. The lowest BCUT2D eigenvalue weighted by atomic mass is 9.86. The summed E-state index contributed by atoms with van der Waals surface area (Å²) in [4.78, 5) is 7.03. The van der Waals surface area contributed by atoms with Crippen molar-refractivity contribution in [2.45, 2.75) is 26.8 Å². The summed E-state index contributed by atoms with van der Waals surface area (Å²) in [7, 11) is 0. The summed E-state index contributed by atoms with van der Waals surface area (Å²) in [6, 6.07) is 8.49. The van der Waals surface area contributed by atoms with Crippen LogP contribution in [0.1, 0.15) is 26.3 Å². The largest absolute Gasteiger partial charge is 0.492 e. The molecule has 0 aromatic carbocycles. The highest BCUT2D eigenvalue weighted by Crippen LogP contribution is 2.32. The van der Waals surface area contributed by atoms with Crippen LogP contribution in [0, 0.1) is 23.2 Å². The van der Waals surface area contributed by atoms with E-state index in [1.807, 2.05) is 31.3 Å². The second kappa shape index (κ2) is 7.72. The number of nitrogens with two attached hydrogens (primary N) is 1. The maximum atomic E-state index is 9.49. The van der Waals surface area contributed by atoms with E-state index in [2.05, 4.69) is 29.9 Å². The predicted molar refractivity (Wildman–Crippen MR) is 113 cm³/mol. The molecular weight excluding hydrogens is 364 g/mol. The van der Waals surface area contributed by atoms with E-state index in [0.717, 1.165) is 35.6 Å². The third-order valence-electron chi connectivity index (χ3n) is 5.73. The van der Waals surface area contributed by atoms with Crippen molar-refractivity contribution < 1.29 is 4.74 Å². The number of hydrogen-bond donors (Lipinski definition) is 1. The molecule has 3 aromatic rings. The minimum absolute atomic E-state index is 0.228. The van der Waals surface area contributed by atoms with E-state index in [0.29, 0.717) is 29.8 Å². The van der Waals surface area contributed by atoms with Gasteiger partial charge >= 0.3 is 0 Å². The first-order valence-electron chi connectivity index (χ1n) is 10.0. The molecule has 0 aliphatic carbocycles. The molecule has 4 heterocycles. The van der Waals surface area contributed by atoms with E-state index in [4.69, 9.17) is 15.5 Å². The number of anilines is 1. The molecule has 0 saturated carbocycles. The number of fused-ring (bicyclic) bond motifs is 1. The standard InChI is InChI=1S/C22H26N6O/c1-4-29-18-7-19(22-17(8-23)10-26-28(22)13-18)16-5-6-20(25-9-16)27-11-14(2)21(24)15(3)12-27/h5-7,9-10,13-15,21H,4,11-12,24H2,1-3H3/t14-,15+,21+. The molecule has 1 fully saturated rings. The summed E-state index contributed by atoms with van der Waals surface area (Å²) in [6.45, 7) is 8.70. The van der Waals surface area contributed by atoms with Crippen molar-refractivity contribution >= 4 is 11.3 Å². The van der Waals surface area contributed by atoms with E-state index in [9.17, 15) is 5.26 Å². The summed E-state index contributed by atoms with van der Waals surface area (Å²) in [5.41, 5.74) is 9.37. The Kier molecular flexibility index (Phi) is 5.12. The number of nitriles is 1. The van der Waals surface area contributed by atoms with Crippen LogP contribution < -0.4 is 15.4 Å². The summed E-state index contributed by atoms with van der Waals surface area (Å²) in [6.07, 6.45) is 5.24. The summed E-state index contributed by atoms with van der Waals surface area (Å²) in [5.74, 6) is 2.50. The van der Waals surface area contributed by atoms with Gasteiger partial charge in [0.15, 0.2) is 0 Å². The highest BCUT2D eigenvalue weighted by atomic mass is 16.5. The molecule has 0 unspecified atom stereocenters. The van der Waals surface area contributed by atoms with Crippen molar-refractivity contribution in [3.05, 3.63) is 42.4 Å². The Morgan fingerprint density at radius 1 is 1.24 bits per heavy atom. The Bertz CT molecular complexity index is 1040. The SMILES string of the molecule is CCOc1cc(-c2ccc(N3C[C@@H](C)[C@H](N)[C@@H](C)C3)nc2)c2c(C#N)cnn2c1. The highest BCUT2D eigenvalue weighted by molar-refractivity contribution is 5.85. The lowest BCUT2D eigenvalue weighted by Crippen LogP contribution is -2.51. The first-order chi connectivity index (χ1) is 14.0. The van der Waals surface area contributed by atoms with Crippen molar-refractivity contribution in [2.24, 2.45) is 17.6 Å². The molecule has 29 heavy (non-hydrogen) atoms. The van der Waals surface area contributed by atoms with Crippen LogP contribution in [-0.4, -0.2) is 40.3 Å². The van der Waals surface area contributed by atoms with Gasteiger partial charge in [-0.05, 0) is 37.0 Å². The average Bonchev–Trinajstić information content (AvgIpc) is 3.14. The monoisotopic (exact) mass is 390 g/mol. The molecule has 7 heteroatoms. The average molecular weight is 390 g/mol. The van der Waals surface area contributed by atoms with Gasteiger partial charge in [-0.2, -0.15) is 10.4 Å². The number of hydrogen-bond acceptors (Lipinski definition) is 6. The summed E-state index contributed by atoms with van der Waals surface area (Å²) >= 11 is 0. The molecule has 1 saturated heterocycles. The molecule has 0 amide bonds. The maximum absolute atomic E-state index is 9.49. The minimum Gasteiger partial charge on any atom is -0.492 e. The molecule has 3 atom stereocenters. The zero-order valence-electron chi connectivity index (χ0n) is 17.0. The third-order valence-corrected chi connectivity index (χ3v) is 5.73. The smallest absolute Gasteiger partial charge is 0.138 e. The van der Waals surface area contributed by atoms with Crippen LogP contribution in [-0.2, 0) is 0 Å². The van der Waals surface area contributed by atoms with Gasteiger partial charge in [0, 0.05) is 36.5 Å². The van der Waals surface area contributed by atoms with Crippen LogP contribution in [0.4, 0.5) is 5.82 Å². The van der Waals surface area contributed by atoms with Gasteiger partial charge < -0.3 is 15.4 Å². The molecule has 0 radical (unpaired) electrons. The Hall–Kier alpha value is -3.11. The minimum atomic E-state index is 0.228. The van der Waals surface area contributed by atoms with Crippen LogP contribution in [0.15, 0.2) is 36.8 Å². The topological polar surface area (TPSA) is 92.5 Å². The van der Waals surface area contributed by atoms with Gasteiger partial charge in [-0.15, -0.1) is 0 Å². The Labute approximate surface area is 170 Å². The van der Waals surface area contributed by atoms with Crippen molar-refractivity contribution in [3.8, 4) is 22.9 Å². The van der Waals surface area contributed by atoms with Crippen molar-refractivity contribution in [1.82, 2.24) is 14.6 Å². The molecule has 1 aliphatic rings. The van der Waals surface area contributed by atoms with Crippen LogP contribution in [0.5, 0.6) is 5.75 Å². The Morgan fingerprint density at radius 3 is 2.62 bits per heavy atom. The number of piperidine rings is 1. The molecule has 1 aliphatic heterocycles. The fourth-order valence-corrected chi connectivity index (χ4v) is 4.14. The third kappa shape index (κ3) is 3.52. The first-order valence-corrected chi connectivity index (χ1v) is 10.0. The van der Waals surface area contributed by atoms with Crippen molar-refractivity contribution in [2.75, 3.05) is 24.6 Å². The van der Waals surface area contributed by atoms with Crippen molar-refractivity contribution in [3.63, 3.8) is 0 Å². The highest BCUT2D eigenvalue weighted by Gasteiger charge is 2.29. The fraction of sp³-hybridized carbons (Fsp3) is 0.409. The summed E-state index contributed by atoms with van der Waals surface area (Å²) in [5, 5.41) is 13.8. The molecule has 150 valence electrons. The van der Waals surface area contributed by atoms with Crippen LogP contribution in [0.2, 0.25) is 0 Å². The lowest BCUT2D eigenvalue weighted by Gasteiger charge is -2.40. The molecule has 2 N–H and O–H groups in total. The zero-order chi connectivity index (χ0) is 20.5. The molecule has 0 spiro atoms. The molecule has 4 rings (SSSR count). The first kappa shape index (κ1) is 19.2. The fourth-order valence-electron chi connectivity index (χ4n) is 4.14. The normalized spacial score (nSPS) is 21.9. The van der Waals surface area contributed by atoms with E-state index in [-0.39, 0.29) is 6.04 Å². The van der Waals surface area contributed by atoms with Gasteiger partial charge in [-0.1, -0.05) is 13.8 Å². The number of aromatic nitrogens is 3. The quantitative estimate of drug-likeness (QED) is 0.736. The van der Waals surface area contributed by atoms with Gasteiger partial charge in [0.05, 0.1) is 30.1 Å². The van der Waals surface area contributed by atoms with Crippen LogP contribution in [0.25, 0.3) is 16.6 Å². The predicted octanol–water partition coefficient (Wildman–Crippen LogP) is 3.09. The van der Waals surface area contributed by atoms with Crippen molar-refractivity contribution in [1.29, 1.82) is 5.26 Å². The van der Waals surface area contributed by atoms with E-state index >= 15 is 0 Å². The van der Waals surface area contributed by atoms with Gasteiger partial charge in [-0.25, -0.2) is 9.50 Å². The van der Waals surface area contributed by atoms with Gasteiger partial charge in [-0.3, -0.25) is 0 Å². The Balaban J connectivity index is 1.71. The number of nitrogens with zero attached hydrogens (tertiary/aromatic N) is 5. The Morgan fingerprint density at radius 2 is 2.00 bits per heavy atom. The lowest BCUT2D eigenvalue weighted by molar-refractivity contribution is 0.297. The van der Waals surface area contributed by atoms with Gasteiger partial charge in [0.25, 0.3) is 0 Å². The van der Waals surface area contributed by atoms with E-state index in [1.54, 1.807) is 16.9 Å². The molecule has 0 bridgehead atoms. The van der Waals surface area contributed by atoms with E-state index in [1.165, 1.54) is 0 Å². The molecule has 7 nitrogen and oxygen atoms in total.